The number of carbonyl (C=O) groups is 2. The second-order valence-corrected chi connectivity index (χ2v) is 6.24. The Balaban J connectivity index is 1.76. The number of amides is 1. The van der Waals surface area contributed by atoms with E-state index in [4.69, 9.17) is 9.47 Å². The lowest BCUT2D eigenvalue weighted by Crippen LogP contribution is -2.36. The molecule has 0 saturated carbocycles. The molecule has 1 heterocycles. The summed E-state index contributed by atoms with van der Waals surface area (Å²) in [4.78, 5) is 24.3. The molecule has 6 heteroatoms. The number of carboxylic acid groups (broad SMARTS) is 1. The van der Waals surface area contributed by atoms with Gasteiger partial charge in [0.15, 0.2) is 6.04 Å². The molecule has 0 saturated heterocycles. The number of nitrogens with one attached hydrogen (secondary N) is 1. The summed E-state index contributed by atoms with van der Waals surface area (Å²) in [7, 11) is 1.57. The first kappa shape index (κ1) is 17.8. The van der Waals surface area contributed by atoms with E-state index in [0.29, 0.717) is 17.9 Å². The maximum absolute atomic E-state index is 12.6. The van der Waals surface area contributed by atoms with E-state index in [0.717, 1.165) is 23.3 Å². The maximum Gasteiger partial charge on any atom is 0.330 e. The second kappa shape index (κ2) is 7.47. The summed E-state index contributed by atoms with van der Waals surface area (Å²) in [6.07, 6.45) is 0.742. The Hall–Kier alpha value is -3.02. The van der Waals surface area contributed by atoms with Crippen LogP contribution in [0.5, 0.6) is 11.5 Å². The van der Waals surface area contributed by atoms with E-state index in [-0.39, 0.29) is 5.91 Å². The van der Waals surface area contributed by atoms with E-state index in [1.807, 2.05) is 0 Å². The van der Waals surface area contributed by atoms with Gasteiger partial charge in [-0.25, -0.2) is 4.79 Å². The van der Waals surface area contributed by atoms with Gasteiger partial charge in [-0.2, -0.15) is 0 Å². The van der Waals surface area contributed by atoms with Crippen LogP contribution in [0.25, 0.3) is 0 Å². The lowest BCUT2D eigenvalue weighted by Gasteiger charge is -2.19. The molecule has 0 radical (unpaired) electrons. The summed E-state index contributed by atoms with van der Waals surface area (Å²) >= 11 is 0. The highest BCUT2D eigenvalue weighted by molar-refractivity contribution is 5.88. The maximum atomic E-state index is 12.6. The molecule has 0 bridgehead atoms. The molecule has 3 rings (SSSR count). The lowest BCUT2D eigenvalue weighted by atomic mass is 9.98. The number of aliphatic carboxylic acids is 1. The fraction of sp³-hybridized carbons (Fsp3) is 0.300. The van der Waals surface area contributed by atoms with Crippen LogP contribution < -0.4 is 14.8 Å². The third-order valence-corrected chi connectivity index (χ3v) is 4.59. The number of ether oxygens (including phenoxy) is 2. The zero-order valence-corrected chi connectivity index (χ0v) is 14.7. The molecule has 2 unspecified atom stereocenters. The number of carboxylic acids is 1. The van der Waals surface area contributed by atoms with Crippen LogP contribution in [0, 0.1) is 0 Å². The first-order valence-electron chi connectivity index (χ1n) is 8.42. The van der Waals surface area contributed by atoms with Crippen LogP contribution in [0.1, 0.15) is 35.6 Å². The number of fused-ring (bicyclic) bond motifs is 1. The van der Waals surface area contributed by atoms with E-state index in [2.05, 4.69) is 5.32 Å². The zero-order chi connectivity index (χ0) is 18.7. The van der Waals surface area contributed by atoms with E-state index >= 15 is 0 Å². The van der Waals surface area contributed by atoms with Gasteiger partial charge < -0.3 is 19.9 Å². The van der Waals surface area contributed by atoms with Gasteiger partial charge in [0.2, 0.25) is 5.91 Å². The minimum atomic E-state index is -1.10. The standard InChI is InChI=1S/C20H21NO5/c1-12(13-3-6-16(25-2)7-4-13)19(22)21-18(20(23)24)15-5-8-17-14(11-15)9-10-26-17/h3-8,11-12,18H,9-10H2,1-2H3,(H,21,22)(H,23,24). The van der Waals surface area contributed by atoms with Crippen molar-refractivity contribution in [2.24, 2.45) is 0 Å². The van der Waals surface area contributed by atoms with Crippen molar-refractivity contribution in [3.05, 3.63) is 59.2 Å². The number of benzene rings is 2. The summed E-state index contributed by atoms with van der Waals surface area (Å²) in [5, 5.41) is 12.2. The summed E-state index contributed by atoms with van der Waals surface area (Å²) in [6, 6.07) is 11.3. The molecule has 136 valence electrons. The summed E-state index contributed by atoms with van der Waals surface area (Å²) in [5.74, 6) is -0.458. The molecule has 0 aliphatic carbocycles. The van der Waals surface area contributed by atoms with Gasteiger partial charge in [-0.15, -0.1) is 0 Å². The van der Waals surface area contributed by atoms with Gasteiger partial charge in [-0.1, -0.05) is 18.2 Å². The minimum absolute atomic E-state index is 0.348. The Bertz CT molecular complexity index is 815. The number of methoxy groups -OCH3 is 1. The SMILES string of the molecule is COc1ccc(C(C)C(=O)NC(C(=O)O)c2ccc3c(c2)CCO3)cc1. The van der Waals surface area contributed by atoms with Gasteiger partial charge in [0.05, 0.1) is 19.6 Å². The van der Waals surface area contributed by atoms with Gasteiger partial charge in [-0.05, 0) is 47.9 Å². The zero-order valence-electron chi connectivity index (χ0n) is 14.7. The van der Waals surface area contributed by atoms with E-state index in [9.17, 15) is 14.7 Å². The third-order valence-electron chi connectivity index (χ3n) is 4.59. The van der Waals surface area contributed by atoms with Gasteiger partial charge in [0, 0.05) is 6.42 Å². The van der Waals surface area contributed by atoms with Crippen molar-refractivity contribution in [1.82, 2.24) is 5.32 Å². The first-order chi connectivity index (χ1) is 12.5. The Morgan fingerprint density at radius 3 is 2.50 bits per heavy atom. The molecule has 1 amide bonds. The van der Waals surface area contributed by atoms with Gasteiger partial charge in [0.1, 0.15) is 11.5 Å². The Morgan fingerprint density at radius 2 is 1.85 bits per heavy atom. The predicted molar refractivity (Wildman–Crippen MR) is 95.6 cm³/mol. The fourth-order valence-corrected chi connectivity index (χ4v) is 2.98. The molecule has 0 fully saturated rings. The monoisotopic (exact) mass is 355 g/mol. The predicted octanol–water partition coefficient (Wildman–Crippen LogP) is 2.68. The number of hydrogen-bond donors (Lipinski definition) is 2. The van der Waals surface area contributed by atoms with Crippen molar-refractivity contribution in [3.63, 3.8) is 0 Å². The van der Waals surface area contributed by atoms with Crippen LogP contribution >= 0.6 is 0 Å². The molecule has 2 aromatic carbocycles. The fourth-order valence-electron chi connectivity index (χ4n) is 2.98. The van der Waals surface area contributed by atoms with Crippen LogP contribution in [-0.4, -0.2) is 30.7 Å². The number of rotatable bonds is 6. The summed E-state index contributed by atoms with van der Waals surface area (Å²) in [5.41, 5.74) is 2.29. The van der Waals surface area contributed by atoms with Crippen LogP contribution in [0.15, 0.2) is 42.5 Å². The largest absolute Gasteiger partial charge is 0.497 e. The third kappa shape index (κ3) is 3.64. The lowest BCUT2D eigenvalue weighted by molar-refractivity contribution is -0.142. The minimum Gasteiger partial charge on any atom is -0.497 e. The molecule has 2 N–H and O–H groups in total. The topological polar surface area (TPSA) is 84.9 Å². The normalized spacial score (nSPS) is 14.7. The molecule has 0 spiro atoms. The van der Waals surface area contributed by atoms with Crippen molar-refractivity contribution >= 4 is 11.9 Å². The smallest absolute Gasteiger partial charge is 0.330 e. The Kier molecular flexibility index (Phi) is 5.11. The number of carbonyl (C=O) groups excluding carboxylic acids is 1. The van der Waals surface area contributed by atoms with E-state index < -0.39 is 17.9 Å². The molecule has 2 atom stereocenters. The molecular formula is C20H21NO5. The number of hydrogen-bond acceptors (Lipinski definition) is 4. The van der Waals surface area contributed by atoms with Crippen LogP contribution in [0.4, 0.5) is 0 Å². The van der Waals surface area contributed by atoms with Crippen LogP contribution in [-0.2, 0) is 16.0 Å². The average molecular weight is 355 g/mol. The van der Waals surface area contributed by atoms with Crippen LogP contribution in [0.2, 0.25) is 0 Å². The highest BCUT2D eigenvalue weighted by Crippen LogP contribution is 2.29. The molecule has 6 nitrogen and oxygen atoms in total. The van der Waals surface area contributed by atoms with Gasteiger partial charge >= 0.3 is 5.97 Å². The van der Waals surface area contributed by atoms with Crippen molar-refractivity contribution in [2.45, 2.75) is 25.3 Å². The first-order valence-corrected chi connectivity index (χ1v) is 8.42. The molecular weight excluding hydrogens is 334 g/mol. The molecule has 1 aliphatic rings. The van der Waals surface area contributed by atoms with Crippen molar-refractivity contribution < 1.29 is 24.2 Å². The average Bonchev–Trinajstić information content (AvgIpc) is 3.12. The second-order valence-electron chi connectivity index (χ2n) is 6.24. The highest BCUT2D eigenvalue weighted by atomic mass is 16.5. The van der Waals surface area contributed by atoms with Gasteiger partial charge in [-0.3, -0.25) is 4.79 Å². The molecule has 0 aromatic heterocycles. The van der Waals surface area contributed by atoms with Crippen molar-refractivity contribution in [2.75, 3.05) is 13.7 Å². The Labute approximate surface area is 151 Å². The summed E-state index contributed by atoms with van der Waals surface area (Å²) < 4.78 is 10.6. The molecule has 26 heavy (non-hydrogen) atoms. The van der Waals surface area contributed by atoms with Crippen LogP contribution in [0.3, 0.4) is 0 Å². The van der Waals surface area contributed by atoms with Crippen molar-refractivity contribution in [1.29, 1.82) is 0 Å². The van der Waals surface area contributed by atoms with Gasteiger partial charge in [0.25, 0.3) is 0 Å². The quantitative estimate of drug-likeness (QED) is 0.832. The highest BCUT2D eigenvalue weighted by Gasteiger charge is 2.26. The Morgan fingerprint density at radius 1 is 1.15 bits per heavy atom. The molecule has 2 aromatic rings. The summed E-state index contributed by atoms with van der Waals surface area (Å²) in [6.45, 7) is 2.34. The molecule has 1 aliphatic heterocycles. The van der Waals surface area contributed by atoms with E-state index in [1.54, 1.807) is 56.5 Å². The van der Waals surface area contributed by atoms with Crippen molar-refractivity contribution in [3.8, 4) is 11.5 Å². The van der Waals surface area contributed by atoms with E-state index in [1.165, 1.54) is 0 Å².